The first-order valence-corrected chi connectivity index (χ1v) is 7.47. The van der Waals surface area contributed by atoms with E-state index in [-0.39, 0.29) is 0 Å². The third-order valence-electron chi connectivity index (χ3n) is 3.07. The second-order valence-corrected chi connectivity index (χ2v) is 4.81. The average molecular weight is 235 g/mol. The maximum atomic E-state index is 3.87. The standard InChI is InChI=1S/C17H31/c1-3-5-7-9-11-13-15-17-16-14-12-10-8-6-4-2/h3,11,13H,1-2,4-10,12,14-17H2/b13-11+. The minimum Gasteiger partial charge on any atom is -0.103 e. The molecule has 0 heterocycles. The van der Waals surface area contributed by atoms with Crippen molar-refractivity contribution in [3.05, 3.63) is 31.7 Å². The summed E-state index contributed by atoms with van der Waals surface area (Å²) in [7, 11) is 0. The van der Waals surface area contributed by atoms with E-state index in [4.69, 9.17) is 0 Å². The monoisotopic (exact) mass is 235 g/mol. The highest BCUT2D eigenvalue weighted by molar-refractivity contribution is 4.82. The van der Waals surface area contributed by atoms with Gasteiger partial charge in [0.1, 0.15) is 0 Å². The Morgan fingerprint density at radius 2 is 1.12 bits per heavy atom. The molecule has 0 aliphatic carbocycles. The molecule has 0 bridgehead atoms. The van der Waals surface area contributed by atoms with Crippen molar-refractivity contribution < 1.29 is 0 Å². The van der Waals surface area contributed by atoms with Crippen LogP contribution in [0, 0.1) is 6.92 Å². The lowest BCUT2D eigenvalue weighted by Gasteiger charge is -1.99. The first-order chi connectivity index (χ1) is 8.41. The smallest absolute Gasteiger partial charge is 0.0348 e. The molecule has 0 nitrogen and oxygen atoms in total. The summed E-state index contributed by atoms with van der Waals surface area (Å²) in [6.45, 7) is 7.59. The summed E-state index contributed by atoms with van der Waals surface area (Å²) in [5.74, 6) is 0. The van der Waals surface area contributed by atoms with Crippen LogP contribution in [0.25, 0.3) is 0 Å². The van der Waals surface area contributed by atoms with Gasteiger partial charge in [0.25, 0.3) is 0 Å². The van der Waals surface area contributed by atoms with Crippen LogP contribution in [0.4, 0.5) is 0 Å². The molecule has 0 fully saturated rings. The van der Waals surface area contributed by atoms with Crippen LogP contribution in [0.15, 0.2) is 24.8 Å². The van der Waals surface area contributed by atoms with Gasteiger partial charge in [-0.3, -0.25) is 0 Å². The van der Waals surface area contributed by atoms with Crippen LogP contribution in [0.2, 0.25) is 0 Å². The van der Waals surface area contributed by atoms with E-state index in [0.29, 0.717) is 0 Å². The summed E-state index contributed by atoms with van der Waals surface area (Å²) in [4.78, 5) is 0. The highest BCUT2D eigenvalue weighted by atomic mass is 14.0. The molecule has 0 rings (SSSR count). The van der Waals surface area contributed by atoms with Crippen molar-refractivity contribution in [2.45, 2.75) is 77.0 Å². The molecular weight excluding hydrogens is 204 g/mol. The van der Waals surface area contributed by atoms with Crippen LogP contribution in [-0.2, 0) is 0 Å². The van der Waals surface area contributed by atoms with E-state index in [1.54, 1.807) is 0 Å². The summed E-state index contributed by atoms with van der Waals surface area (Å²) >= 11 is 0. The maximum absolute atomic E-state index is 3.87. The van der Waals surface area contributed by atoms with Gasteiger partial charge in [0.05, 0.1) is 0 Å². The second-order valence-electron chi connectivity index (χ2n) is 4.81. The van der Waals surface area contributed by atoms with E-state index in [2.05, 4.69) is 25.7 Å². The third-order valence-corrected chi connectivity index (χ3v) is 3.07. The molecule has 0 atom stereocenters. The van der Waals surface area contributed by atoms with Crippen LogP contribution in [0.3, 0.4) is 0 Å². The van der Waals surface area contributed by atoms with E-state index in [9.17, 15) is 0 Å². The molecule has 0 aliphatic heterocycles. The Morgan fingerprint density at radius 3 is 1.71 bits per heavy atom. The van der Waals surface area contributed by atoms with Crippen molar-refractivity contribution >= 4 is 0 Å². The van der Waals surface area contributed by atoms with Crippen LogP contribution in [0.5, 0.6) is 0 Å². The van der Waals surface area contributed by atoms with Crippen molar-refractivity contribution in [1.82, 2.24) is 0 Å². The van der Waals surface area contributed by atoms with Crippen LogP contribution in [0.1, 0.15) is 77.0 Å². The van der Waals surface area contributed by atoms with Crippen LogP contribution >= 0.6 is 0 Å². The molecule has 0 spiro atoms. The Hall–Kier alpha value is -0.520. The first-order valence-electron chi connectivity index (χ1n) is 7.47. The molecular formula is C17H31. The highest BCUT2D eigenvalue weighted by Gasteiger charge is 1.90. The zero-order chi connectivity index (χ0) is 12.6. The summed E-state index contributed by atoms with van der Waals surface area (Å²) < 4.78 is 0. The van der Waals surface area contributed by atoms with Crippen molar-refractivity contribution in [2.24, 2.45) is 0 Å². The summed E-state index contributed by atoms with van der Waals surface area (Å²) in [6, 6.07) is 0. The van der Waals surface area contributed by atoms with Gasteiger partial charge in [0, 0.05) is 0 Å². The molecule has 0 unspecified atom stereocenters. The molecule has 0 saturated carbocycles. The lowest BCUT2D eigenvalue weighted by Crippen LogP contribution is -1.80. The van der Waals surface area contributed by atoms with Gasteiger partial charge in [-0.2, -0.15) is 0 Å². The van der Waals surface area contributed by atoms with Crippen molar-refractivity contribution in [3.63, 3.8) is 0 Å². The minimum absolute atomic E-state index is 1.11. The fraction of sp³-hybridized carbons (Fsp3) is 0.706. The van der Waals surface area contributed by atoms with Gasteiger partial charge in [-0.1, -0.05) is 70.1 Å². The summed E-state index contributed by atoms with van der Waals surface area (Å²) in [5.41, 5.74) is 0. The number of unbranched alkanes of at least 4 members (excludes halogenated alkanes) is 10. The van der Waals surface area contributed by atoms with E-state index in [1.807, 2.05) is 6.08 Å². The van der Waals surface area contributed by atoms with Crippen LogP contribution < -0.4 is 0 Å². The van der Waals surface area contributed by atoms with E-state index < -0.39 is 0 Å². The predicted octanol–water partition coefficient (Wildman–Crippen LogP) is 6.24. The minimum atomic E-state index is 1.11. The van der Waals surface area contributed by atoms with E-state index in [1.165, 1.54) is 64.2 Å². The summed E-state index contributed by atoms with van der Waals surface area (Å²) in [5, 5.41) is 0. The summed E-state index contributed by atoms with van der Waals surface area (Å²) in [6.07, 6.45) is 22.4. The zero-order valence-electron chi connectivity index (χ0n) is 11.6. The molecule has 0 aromatic heterocycles. The highest BCUT2D eigenvalue weighted by Crippen LogP contribution is 2.09. The SMILES string of the molecule is [CH2]CCCCCCCCC/C=C/CCCC=C. The molecule has 17 heavy (non-hydrogen) atoms. The van der Waals surface area contributed by atoms with Crippen molar-refractivity contribution in [1.29, 1.82) is 0 Å². The Kier molecular flexibility index (Phi) is 15.0. The molecule has 0 amide bonds. The molecule has 99 valence electrons. The lowest BCUT2D eigenvalue weighted by atomic mass is 10.1. The molecule has 0 saturated heterocycles. The molecule has 0 N–H and O–H groups in total. The molecule has 0 aromatic carbocycles. The Balaban J connectivity index is 3.00. The topological polar surface area (TPSA) is 0 Å². The maximum Gasteiger partial charge on any atom is -0.0348 e. The Morgan fingerprint density at radius 1 is 0.588 bits per heavy atom. The predicted molar refractivity (Wildman–Crippen MR) is 80.1 cm³/mol. The van der Waals surface area contributed by atoms with Gasteiger partial charge in [0.15, 0.2) is 0 Å². The number of hydrogen-bond acceptors (Lipinski definition) is 0. The first kappa shape index (κ1) is 16.5. The van der Waals surface area contributed by atoms with Gasteiger partial charge < -0.3 is 0 Å². The van der Waals surface area contributed by atoms with Gasteiger partial charge in [-0.15, -0.1) is 6.58 Å². The Labute approximate surface area is 109 Å². The van der Waals surface area contributed by atoms with Gasteiger partial charge in [0.2, 0.25) is 0 Å². The zero-order valence-corrected chi connectivity index (χ0v) is 11.6. The molecule has 1 radical (unpaired) electrons. The Bertz CT molecular complexity index is 167. The van der Waals surface area contributed by atoms with Gasteiger partial charge in [-0.05, 0) is 32.1 Å². The van der Waals surface area contributed by atoms with E-state index >= 15 is 0 Å². The second kappa shape index (κ2) is 15.5. The van der Waals surface area contributed by atoms with Gasteiger partial charge >= 0.3 is 0 Å². The largest absolute Gasteiger partial charge is 0.103 e. The fourth-order valence-corrected chi connectivity index (χ4v) is 1.94. The molecule has 0 aliphatic rings. The normalized spacial score (nSPS) is 11.1. The number of hydrogen-bond donors (Lipinski definition) is 0. The lowest BCUT2D eigenvalue weighted by molar-refractivity contribution is 0.583. The third kappa shape index (κ3) is 15.5. The number of allylic oxidation sites excluding steroid dienone is 3. The number of rotatable bonds is 13. The van der Waals surface area contributed by atoms with Crippen molar-refractivity contribution in [3.8, 4) is 0 Å². The van der Waals surface area contributed by atoms with Crippen LogP contribution in [-0.4, -0.2) is 0 Å². The fourth-order valence-electron chi connectivity index (χ4n) is 1.94. The molecule has 0 heteroatoms. The average Bonchev–Trinajstić information content (AvgIpc) is 2.35. The van der Waals surface area contributed by atoms with Crippen molar-refractivity contribution in [2.75, 3.05) is 0 Å². The van der Waals surface area contributed by atoms with E-state index in [0.717, 1.165) is 12.8 Å². The molecule has 0 aromatic rings. The van der Waals surface area contributed by atoms with Gasteiger partial charge in [-0.25, -0.2) is 0 Å². The quantitative estimate of drug-likeness (QED) is 0.262.